The van der Waals surface area contributed by atoms with Crippen LogP contribution in [0.25, 0.3) is 0 Å². The predicted molar refractivity (Wildman–Crippen MR) is 145 cm³/mol. The summed E-state index contributed by atoms with van der Waals surface area (Å²) in [6.45, 7) is 8.10. The van der Waals surface area contributed by atoms with Crippen molar-refractivity contribution in [2.75, 3.05) is 6.61 Å². The molecule has 6 heteroatoms. The van der Waals surface area contributed by atoms with Gasteiger partial charge < -0.3 is 15.0 Å². The summed E-state index contributed by atoms with van der Waals surface area (Å²) >= 11 is 0. The Morgan fingerprint density at radius 2 is 1.54 bits per heavy atom. The third-order valence-electron chi connectivity index (χ3n) is 6.45. The van der Waals surface area contributed by atoms with Gasteiger partial charge in [0.2, 0.25) is 5.91 Å². The lowest BCUT2D eigenvalue weighted by Gasteiger charge is -2.32. The molecule has 3 rings (SSSR count). The van der Waals surface area contributed by atoms with E-state index in [9.17, 15) is 14.0 Å². The lowest BCUT2D eigenvalue weighted by molar-refractivity contribution is -0.143. The lowest BCUT2D eigenvalue weighted by Crippen LogP contribution is -2.53. The zero-order valence-corrected chi connectivity index (χ0v) is 22.1. The van der Waals surface area contributed by atoms with Crippen LogP contribution >= 0.6 is 0 Å². The molecule has 2 atom stereocenters. The molecular formula is C31H37FN2O3. The van der Waals surface area contributed by atoms with Gasteiger partial charge in [0.15, 0.2) is 6.61 Å². The van der Waals surface area contributed by atoms with Crippen molar-refractivity contribution in [1.29, 1.82) is 0 Å². The van der Waals surface area contributed by atoms with Crippen molar-refractivity contribution in [3.8, 4) is 5.75 Å². The van der Waals surface area contributed by atoms with E-state index in [1.54, 1.807) is 17.0 Å². The molecule has 0 aromatic heterocycles. The molecule has 0 saturated heterocycles. The number of nitrogens with one attached hydrogen (secondary N) is 1. The van der Waals surface area contributed by atoms with Crippen LogP contribution in [0.4, 0.5) is 4.39 Å². The van der Waals surface area contributed by atoms with Gasteiger partial charge in [0.25, 0.3) is 5.91 Å². The van der Waals surface area contributed by atoms with Gasteiger partial charge in [0, 0.05) is 19.0 Å². The maximum absolute atomic E-state index is 13.6. The highest BCUT2D eigenvalue weighted by Crippen LogP contribution is 2.20. The standard InChI is InChI=1S/C31H37FN2O3/c1-5-23(4)33-31(36)29(19-24-9-7-6-8-10-24)34(20-25-11-15-27(32)16-12-25)30(35)21-37-28-17-13-26(14-18-28)22(2)3/h6-18,22-23,29H,5,19-21H2,1-4H3,(H,33,36)/t23-,29-/m0/s1. The van der Waals surface area contributed by atoms with Crippen LogP contribution in [0, 0.1) is 5.82 Å². The minimum Gasteiger partial charge on any atom is -0.484 e. The van der Waals surface area contributed by atoms with Crippen LogP contribution in [0.15, 0.2) is 78.9 Å². The second kappa shape index (κ2) is 13.6. The summed E-state index contributed by atoms with van der Waals surface area (Å²) in [5.74, 6) is 0.0744. The number of hydrogen-bond acceptors (Lipinski definition) is 3. The summed E-state index contributed by atoms with van der Waals surface area (Å²) < 4.78 is 19.4. The van der Waals surface area contributed by atoms with Crippen LogP contribution in [0.3, 0.4) is 0 Å². The van der Waals surface area contributed by atoms with E-state index in [4.69, 9.17) is 4.74 Å². The van der Waals surface area contributed by atoms with Crippen molar-refractivity contribution in [3.05, 3.63) is 101 Å². The van der Waals surface area contributed by atoms with Gasteiger partial charge in [-0.2, -0.15) is 0 Å². The van der Waals surface area contributed by atoms with Gasteiger partial charge in [-0.3, -0.25) is 9.59 Å². The third kappa shape index (κ3) is 8.45. The first-order valence-electron chi connectivity index (χ1n) is 12.9. The molecule has 3 aromatic carbocycles. The molecular weight excluding hydrogens is 467 g/mol. The molecule has 0 heterocycles. The van der Waals surface area contributed by atoms with Crippen LogP contribution < -0.4 is 10.1 Å². The zero-order valence-electron chi connectivity index (χ0n) is 22.1. The van der Waals surface area contributed by atoms with Crippen LogP contribution in [-0.4, -0.2) is 35.4 Å². The fourth-order valence-corrected chi connectivity index (χ4v) is 3.96. The molecule has 0 aliphatic carbocycles. The average molecular weight is 505 g/mol. The normalized spacial score (nSPS) is 12.6. The summed E-state index contributed by atoms with van der Waals surface area (Å²) in [6, 6.07) is 22.5. The predicted octanol–water partition coefficient (Wildman–Crippen LogP) is 5.88. The molecule has 0 aliphatic heterocycles. The third-order valence-corrected chi connectivity index (χ3v) is 6.45. The van der Waals surface area contributed by atoms with Crippen molar-refractivity contribution in [1.82, 2.24) is 10.2 Å². The Bertz CT molecular complexity index is 1130. The minimum atomic E-state index is -0.763. The summed E-state index contributed by atoms with van der Waals surface area (Å²) in [7, 11) is 0. The Labute approximate surface area is 219 Å². The van der Waals surface area contributed by atoms with Crippen LogP contribution in [0.2, 0.25) is 0 Å². The van der Waals surface area contributed by atoms with Crippen molar-refractivity contribution < 1.29 is 18.7 Å². The molecule has 0 unspecified atom stereocenters. The van der Waals surface area contributed by atoms with E-state index in [1.807, 2.05) is 68.4 Å². The Morgan fingerprint density at radius 3 is 2.14 bits per heavy atom. The van der Waals surface area contributed by atoms with E-state index in [1.165, 1.54) is 17.7 Å². The smallest absolute Gasteiger partial charge is 0.261 e. The molecule has 0 spiro atoms. The van der Waals surface area contributed by atoms with Crippen molar-refractivity contribution in [2.24, 2.45) is 0 Å². The number of ether oxygens (including phenoxy) is 1. The number of amides is 2. The van der Waals surface area contributed by atoms with E-state index >= 15 is 0 Å². The monoisotopic (exact) mass is 504 g/mol. The van der Waals surface area contributed by atoms with Gasteiger partial charge >= 0.3 is 0 Å². The largest absolute Gasteiger partial charge is 0.484 e. The van der Waals surface area contributed by atoms with E-state index in [0.29, 0.717) is 18.1 Å². The van der Waals surface area contributed by atoms with Gasteiger partial charge in [-0.05, 0) is 60.2 Å². The quantitative estimate of drug-likeness (QED) is 0.335. The first-order chi connectivity index (χ1) is 17.8. The highest BCUT2D eigenvalue weighted by atomic mass is 19.1. The summed E-state index contributed by atoms with van der Waals surface area (Å²) in [4.78, 5) is 28.6. The molecule has 1 N–H and O–H groups in total. The molecule has 0 bridgehead atoms. The summed E-state index contributed by atoms with van der Waals surface area (Å²) in [6.07, 6.45) is 1.12. The molecule has 3 aromatic rings. The number of carbonyl (C=O) groups is 2. The highest BCUT2D eigenvalue weighted by molar-refractivity contribution is 5.88. The summed E-state index contributed by atoms with van der Waals surface area (Å²) in [5.41, 5.74) is 2.85. The minimum absolute atomic E-state index is 0.0377. The maximum Gasteiger partial charge on any atom is 0.261 e. The first-order valence-corrected chi connectivity index (χ1v) is 12.9. The van der Waals surface area contributed by atoms with Crippen molar-refractivity contribution in [3.63, 3.8) is 0 Å². The van der Waals surface area contributed by atoms with Gasteiger partial charge in [-0.15, -0.1) is 0 Å². The van der Waals surface area contributed by atoms with E-state index in [2.05, 4.69) is 19.2 Å². The average Bonchev–Trinajstić information content (AvgIpc) is 2.91. The Hall–Kier alpha value is -3.67. The molecule has 5 nitrogen and oxygen atoms in total. The topological polar surface area (TPSA) is 58.6 Å². The van der Waals surface area contributed by atoms with Crippen molar-refractivity contribution >= 4 is 11.8 Å². The van der Waals surface area contributed by atoms with Gasteiger partial charge in [-0.1, -0.05) is 75.4 Å². The van der Waals surface area contributed by atoms with Gasteiger partial charge in [-0.25, -0.2) is 4.39 Å². The number of benzene rings is 3. The number of halogens is 1. The molecule has 196 valence electrons. The fraction of sp³-hybridized carbons (Fsp3) is 0.355. The van der Waals surface area contributed by atoms with Gasteiger partial charge in [0.05, 0.1) is 0 Å². The van der Waals surface area contributed by atoms with Gasteiger partial charge in [0.1, 0.15) is 17.6 Å². The second-order valence-electron chi connectivity index (χ2n) is 9.68. The maximum atomic E-state index is 13.6. The fourth-order valence-electron chi connectivity index (χ4n) is 3.96. The summed E-state index contributed by atoms with van der Waals surface area (Å²) in [5, 5.41) is 3.04. The van der Waals surface area contributed by atoms with Crippen LogP contribution in [-0.2, 0) is 22.6 Å². The van der Waals surface area contributed by atoms with Crippen molar-refractivity contribution in [2.45, 2.75) is 65.1 Å². The first kappa shape index (κ1) is 27.9. The molecule has 37 heavy (non-hydrogen) atoms. The van der Waals surface area contributed by atoms with Crippen LogP contribution in [0.1, 0.15) is 56.7 Å². The molecule has 0 saturated carbocycles. The molecule has 2 amide bonds. The molecule has 0 radical (unpaired) electrons. The Kier molecular flexibility index (Phi) is 10.2. The van der Waals surface area contributed by atoms with E-state index in [-0.39, 0.29) is 36.8 Å². The Morgan fingerprint density at radius 1 is 0.892 bits per heavy atom. The SMILES string of the molecule is CC[C@H](C)NC(=O)[C@H](Cc1ccccc1)N(Cc1ccc(F)cc1)C(=O)COc1ccc(C(C)C)cc1. The zero-order chi connectivity index (χ0) is 26.8. The Balaban J connectivity index is 1.88. The second-order valence-corrected chi connectivity index (χ2v) is 9.68. The highest BCUT2D eigenvalue weighted by Gasteiger charge is 2.31. The van der Waals surface area contributed by atoms with E-state index in [0.717, 1.165) is 17.5 Å². The van der Waals surface area contributed by atoms with Crippen LogP contribution in [0.5, 0.6) is 5.75 Å². The molecule has 0 fully saturated rings. The number of carbonyl (C=O) groups excluding carboxylic acids is 2. The lowest BCUT2D eigenvalue weighted by atomic mass is 10.0. The number of nitrogens with zero attached hydrogens (tertiary/aromatic N) is 1. The molecule has 0 aliphatic rings. The number of rotatable bonds is 12. The number of hydrogen-bond donors (Lipinski definition) is 1. The van der Waals surface area contributed by atoms with E-state index < -0.39 is 6.04 Å².